The van der Waals surface area contributed by atoms with Gasteiger partial charge in [-0.05, 0) is 30.7 Å². The number of hydrogen-bond donors (Lipinski definition) is 1. The number of carbonyl (C=O) groups excluding carboxylic acids is 2. The summed E-state index contributed by atoms with van der Waals surface area (Å²) in [6.45, 7) is 4.19. The fraction of sp³-hybridized carbons (Fsp3) is 0.333. The molecule has 1 fully saturated rings. The number of hydrogen-bond acceptors (Lipinski definition) is 5. The third-order valence-corrected chi connectivity index (χ3v) is 5.35. The van der Waals surface area contributed by atoms with Crippen molar-refractivity contribution in [2.75, 3.05) is 32.8 Å². The Labute approximate surface area is 178 Å². The van der Waals surface area contributed by atoms with Crippen LogP contribution in [0.25, 0.3) is 22.3 Å². The lowest BCUT2D eigenvalue weighted by Crippen LogP contribution is -2.50. The number of aromatic nitrogens is 3. The number of piperazine rings is 1. The maximum Gasteiger partial charge on any atom is 0.409 e. The van der Waals surface area contributed by atoms with Gasteiger partial charge in [-0.15, -0.1) is 0 Å². The summed E-state index contributed by atoms with van der Waals surface area (Å²) in [7, 11) is 0. The molecule has 4 rings (SSSR count). The second-order valence-electron chi connectivity index (χ2n) is 7.09. The first kappa shape index (κ1) is 20.2. The Hall–Kier alpha value is -3.13. The van der Waals surface area contributed by atoms with Crippen LogP contribution < -0.4 is 0 Å². The van der Waals surface area contributed by atoms with Gasteiger partial charge in [0.05, 0.1) is 28.5 Å². The predicted octanol–water partition coefficient (Wildman–Crippen LogP) is 3.58. The Bertz CT molecular complexity index is 1060. The van der Waals surface area contributed by atoms with Gasteiger partial charge in [0.1, 0.15) is 0 Å². The van der Waals surface area contributed by atoms with E-state index in [1.807, 2.05) is 19.1 Å². The molecule has 0 aliphatic carbocycles. The zero-order valence-electron chi connectivity index (χ0n) is 16.6. The molecule has 2 aromatic heterocycles. The third kappa shape index (κ3) is 4.09. The molecule has 1 saturated heterocycles. The van der Waals surface area contributed by atoms with E-state index in [4.69, 9.17) is 16.3 Å². The van der Waals surface area contributed by atoms with E-state index >= 15 is 0 Å². The van der Waals surface area contributed by atoms with Crippen LogP contribution in [0.2, 0.25) is 5.02 Å². The molecule has 1 N–H and O–H groups in total. The van der Waals surface area contributed by atoms with Crippen molar-refractivity contribution in [1.29, 1.82) is 0 Å². The summed E-state index contributed by atoms with van der Waals surface area (Å²) in [5.41, 5.74) is 2.59. The molecule has 3 aromatic rings. The molecule has 1 aliphatic heterocycles. The molecule has 0 atom stereocenters. The molecule has 1 aliphatic rings. The normalized spacial score (nSPS) is 14.2. The monoisotopic (exact) mass is 427 g/mol. The van der Waals surface area contributed by atoms with Gasteiger partial charge in [0.2, 0.25) is 0 Å². The number of aromatic amines is 1. The van der Waals surface area contributed by atoms with Gasteiger partial charge in [0.25, 0.3) is 5.91 Å². The number of carbonyl (C=O) groups is 2. The van der Waals surface area contributed by atoms with E-state index < -0.39 is 0 Å². The SMILES string of the molecule is CCCOC(=O)N1CCN(C(=O)c2ccc3c(Cl)cc(-c4ccn[nH]4)nc3c2)CC1. The van der Waals surface area contributed by atoms with Crippen LogP contribution in [0.5, 0.6) is 0 Å². The summed E-state index contributed by atoms with van der Waals surface area (Å²) >= 11 is 6.42. The molecule has 0 radical (unpaired) electrons. The number of rotatable bonds is 4. The quantitative estimate of drug-likeness (QED) is 0.687. The lowest BCUT2D eigenvalue weighted by Gasteiger charge is -2.34. The number of pyridine rings is 1. The number of nitrogens with zero attached hydrogens (tertiary/aromatic N) is 4. The Balaban J connectivity index is 1.50. The van der Waals surface area contributed by atoms with Crippen molar-refractivity contribution in [2.45, 2.75) is 13.3 Å². The van der Waals surface area contributed by atoms with Crippen LogP contribution in [0.15, 0.2) is 36.5 Å². The van der Waals surface area contributed by atoms with Gasteiger partial charge in [-0.2, -0.15) is 5.10 Å². The van der Waals surface area contributed by atoms with Gasteiger partial charge in [0.15, 0.2) is 0 Å². The standard InChI is InChI=1S/C21H22ClN5O3/c1-2-11-30-21(29)27-9-7-26(8-10-27)20(28)14-3-4-15-16(22)13-19(24-18(15)12-14)17-5-6-23-25-17/h3-6,12-13H,2,7-11H2,1H3,(H,23,25). The van der Waals surface area contributed by atoms with Crippen LogP contribution in [0.3, 0.4) is 0 Å². The van der Waals surface area contributed by atoms with Gasteiger partial charge in [-0.25, -0.2) is 9.78 Å². The first-order valence-corrected chi connectivity index (χ1v) is 10.3. The first-order valence-electron chi connectivity index (χ1n) is 9.88. The van der Waals surface area contributed by atoms with Crippen molar-refractivity contribution in [1.82, 2.24) is 25.0 Å². The number of amides is 2. The average Bonchev–Trinajstić information content (AvgIpc) is 3.31. The van der Waals surface area contributed by atoms with Crippen LogP contribution in [0.4, 0.5) is 4.79 Å². The van der Waals surface area contributed by atoms with Crippen LogP contribution in [0, 0.1) is 0 Å². The molecule has 3 heterocycles. The highest BCUT2D eigenvalue weighted by Crippen LogP contribution is 2.28. The molecule has 156 valence electrons. The second kappa shape index (κ2) is 8.71. The molecule has 1 aromatic carbocycles. The number of H-pyrrole nitrogens is 1. The number of nitrogens with one attached hydrogen (secondary N) is 1. The third-order valence-electron chi connectivity index (χ3n) is 5.04. The molecule has 9 heteroatoms. The van der Waals surface area contributed by atoms with E-state index in [2.05, 4.69) is 15.2 Å². The maximum atomic E-state index is 13.0. The van der Waals surface area contributed by atoms with Crippen LogP contribution >= 0.6 is 11.6 Å². The van der Waals surface area contributed by atoms with Crippen molar-refractivity contribution in [2.24, 2.45) is 0 Å². The highest BCUT2D eigenvalue weighted by atomic mass is 35.5. The van der Waals surface area contributed by atoms with Crippen LogP contribution in [0.1, 0.15) is 23.7 Å². The topological polar surface area (TPSA) is 91.4 Å². The highest BCUT2D eigenvalue weighted by Gasteiger charge is 2.26. The molecule has 8 nitrogen and oxygen atoms in total. The summed E-state index contributed by atoms with van der Waals surface area (Å²) < 4.78 is 5.17. The molecule has 0 spiro atoms. The molecular weight excluding hydrogens is 406 g/mol. The fourth-order valence-electron chi connectivity index (χ4n) is 3.41. The van der Waals surface area contributed by atoms with Crippen molar-refractivity contribution >= 4 is 34.5 Å². The summed E-state index contributed by atoms with van der Waals surface area (Å²) in [5, 5.41) is 8.15. The number of ether oxygens (including phenoxy) is 1. The minimum absolute atomic E-state index is 0.0941. The van der Waals surface area contributed by atoms with E-state index in [0.717, 1.165) is 17.5 Å². The van der Waals surface area contributed by atoms with E-state index in [-0.39, 0.29) is 12.0 Å². The summed E-state index contributed by atoms with van der Waals surface area (Å²) in [4.78, 5) is 33.0. The molecule has 30 heavy (non-hydrogen) atoms. The Morgan fingerprint density at radius 2 is 1.90 bits per heavy atom. The predicted molar refractivity (Wildman–Crippen MR) is 113 cm³/mol. The molecular formula is C21H22ClN5O3. The zero-order valence-corrected chi connectivity index (χ0v) is 17.4. The smallest absolute Gasteiger partial charge is 0.409 e. The van der Waals surface area contributed by atoms with Crippen molar-refractivity contribution in [3.05, 3.63) is 47.1 Å². The van der Waals surface area contributed by atoms with Gasteiger partial charge in [-0.1, -0.05) is 24.6 Å². The van der Waals surface area contributed by atoms with Crippen LogP contribution in [-0.4, -0.2) is 69.8 Å². The molecule has 0 saturated carbocycles. The maximum absolute atomic E-state index is 13.0. The highest BCUT2D eigenvalue weighted by molar-refractivity contribution is 6.35. The van der Waals surface area contributed by atoms with E-state index in [9.17, 15) is 9.59 Å². The number of halogens is 1. The zero-order chi connectivity index (χ0) is 21.1. The summed E-state index contributed by atoms with van der Waals surface area (Å²) in [6.07, 6.45) is 2.11. The second-order valence-corrected chi connectivity index (χ2v) is 7.49. The minimum atomic E-state index is -0.320. The van der Waals surface area contributed by atoms with Crippen LogP contribution in [-0.2, 0) is 4.74 Å². The van der Waals surface area contributed by atoms with Crippen molar-refractivity contribution in [3.63, 3.8) is 0 Å². The fourth-order valence-corrected chi connectivity index (χ4v) is 3.67. The van der Waals surface area contributed by atoms with Gasteiger partial charge >= 0.3 is 6.09 Å². The summed E-state index contributed by atoms with van der Waals surface area (Å²) in [5.74, 6) is -0.0941. The minimum Gasteiger partial charge on any atom is -0.449 e. The van der Waals surface area contributed by atoms with E-state index in [1.165, 1.54) is 0 Å². The molecule has 0 bridgehead atoms. The molecule has 2 amide bonds. The Morgan fingerprint density at radius 1 is 1.13 bits per heavy atom. The van der Waals surface area contributed by atoms with Gasteiger partial charge in [-0.3, -0.25) is 9.89 Å². The number of benzene rings is 1. The first-order chi connectivity index (χ1) is 14.6. The largest absolute Gasteiger partial charge is 0.449 e. The van der Waals surface area contributed by atoms with Crippen molar-refractivity contribution in [3.8, 4) is 11.4 Å². The van der Waals surface area contributed by atoms with E-state index in [1.54, 1.807) is 34.2 Å². The molecule has 0 unspecified atom stereocenters. The van der Waals surface area contributed by atoms with Gasteiger partial charge < -0.3 is 14.5 Å². The Morgan fingerprint density at radius 3 is 2.60 bits per heavy atom. The van der Waals surface area contributed by atoms with Crippen molar-refractivity contribution < 1.29 is 14.3 Å². The number of fused-ring (bicyclic) bond motifs is 1. The summed E-state index contributed by atoms with van der Waals surface area (Å²) in [6, 6.07) is 8.91. The Kier molecular flexibility index (Phi) is 5.85. The average molecular weight is 428 g/mol. The lowest BCUT2D eigenvalue weighted by molar-refractivity contribution is 0.0560. The lowest BCUT2D eigenvalue weighted by atomic mass is 10.1. The van der Waals surface area contributed by atoms with Gasteiger partial charge in [0, 0.05) is 43.3 Å². The van der Waals surface area contributed by atoms with E-state index in [0.29, 0.717) is 54.6 Å².